The molecule has 29 heavy (non-hydrogen) atoms. The molecule has 0 saturated carbocycles. The zero-order valence-corrected chi connectivity index (χ0v) is 16.0. The number of pyridine rings is 1. The fourth-order valence-corrected chi connectivity index (χ4v) is 3.51. The lowest BCUT2D eigenvalue weighted by Gasteiger charge is -2.19. The smallest absolute Gasteiger partial charge is 0.267 e. The van der Waals surface area contributed by atoms with Crippen molar-refractivity contribution in [1.29, 1.82) is 0 Å². The van der Waals surface area contributed by atoms with E-state index in [0.717, 1.165) is 36.5 Å². The number of carbonyl (C=O) groups excluding carboxylic acids is 1. The van der Waals surface area contributed by atoms with Gasteiger partial charge < -0.3 is 10.5 Å². The van der Waals surface area contributed by atoms with Crippen LogP contribution >= 0.6 is 0 Å². The Balaban J connectivity index is 1.68. The van der Waals surface area contributed by atoms with Gasteiger partial charge in [-0.3, -0.25) is 9.69 Å². The maximum Gasteiger partial charge on any atom is 0.267 e. The van der Waals surface area contributed by atoms with E-state index >= 15 is 0 Å². The number of rotatable bonds is 6. The predicted molar refractivity (Wildman–Crippen MR) is 109 cm³/mol. The van der Waals surface area contributed by atoms with E-state index < -0.39 is 5.91 Å². The Morgan fingerprint density at radius 1 is 1.07 bits per heavy atom. The van der Waals surface area contributed by atoms with Crippen LogP contribution in [0.2, 0.25) is 0 Å². The third-order valence-electron chi connectivity index (χ3n) is 4.99. The minimum absolute atomic E-state index is 0.232. The monoisotopic (exact) mass is 391 g/mol. The summed E-state index contributed by atoms with van der Waals surface area (Å²) in [4.78, 5) is 18.2. The minimum atomic E-state index is -0.555. The maximum absolute atomic E-state index is 13.2. The average Bonchev–Trinajstić information content (AvgIpc) is 3.24. The van der Waals surface area contributed by atoms with E-state index in [4.69, 9.17) is 10.5 Å². The molecule has 0 spiro atoms. The van der Waals surface area contributed by atoms with Crippen molar-refractivity contribution in [3.05, 3.63) is 77.7 Å². The molecular weight excluding hydrogens is 369 g/mol. The van der Waals surface area contributed by atoms with Crippen molar-refractivity contribution in [2.75, 3.05) is 13.1 Å². The van der Waals surface area contributed by atoms with Crippen LogP contribution in [-0.4, -0.2) is 28.9 Å². The molecule has 1 aromatic heterocycles. The van der Waals surface area contributed by atoms with E-state index in [1.54, 1.807) is 24.3 Å². The zero-order chi connectivity index (χ0) is 20.2. The highest BCUT2D eigenvalue weighted by Crippen LogP contribution is 2.31. The number of likely N-dealkylation sites (tertiary alicyclic amines) is 1. The van der Waals surface area contributed by atoms with E-state index in [1.807, 2.05) is 24.3 Å². The quantitative estimate of drug-likeness (QED) is 0.677. The van der Waals surface area contributed by atoms with Crippen molar-refractivity contribution >= 4 is 5.91 Å². The lowest BCUT2D eigenvalue weighted by Crippen LogP contribution is -2.18. The van der Waals surface area contributed by atoms with Crippen LogP contribution in [0.25, 0.3) is 11.3 Å². The summed E-state index contributed by atoms with van der Waals surface area (Å²) in [5.41, 5.74) is 8.17. The molecule has 0 bridgehead atoms. The molecule has 0 unspecified atom stereocenters. The lowest BCUT2D eigenvalue weighted by atomic mass is 10.1. The van der Waals surface area contributed by atoms with E-state index in [0.29, 0.717) is 11.4 Å². The summed E-state index contributed by atoms with van der Waals surface area (Å²) in [7, 11) is 0. The van der Waals surface area contributed by atoms with Gasteiger partial charge in [-0.05, 0) is 80.5 Å². The van der Waals surface area contributed by atoms with E-state index in [-0.39, 0.29) is 11.5 Å². The van der Waals surface area contributed by atoms with Gasteiger partial charge in [-0.25, -0.2) is 9.37 Å². The molecule has 1 aliphatic heterocycles. The summed E-state index contributed by atoms with van der Waals surface area (Å²) >= 11 is 0. The molecule has 1 fully saturated rings. The van der Waals surface area contributed by atoms with Gasteiger partial charge in [0.2, 0.25) is 0 Å². The van der Waals surface area contributed by atoms with Crippen molar-refractivity contribution < 1.29 is 13.9 Å². The van der Waals surface area contributed by atoms with Crippen LogP contribution in [-0.2, 0) is 6.54 Å². The molecule has 0 radical (unpaired) electrons. The minimum Gasteiger partial charge on any atom is -0.457 e. The van der Waals surface area contributed by atoms with E-state index in [2.05, 4.69) is 9.88 Å². The van der Waals surface area contributed by atoms with Crippen molar-refractivity contribution in [1.82, 2.24) is 9.88 Å². The number of aromatic nitrogens is 1. The topological polar surface area (TPSA) is 68.5 Å². The number of primary amides is 1. The Morgan fingerprint density at radius 3 is 2.55 bits per heavy atom. The second kappa shape index (κ2) is 8.41. The van der Waals surface area contributed by atoms with E-state index in [9.17, 15) is 9.18 Å². The number of amides is 1. The van der Waals surface area contributed by atoms with Crippen LogP contribution < -0.4 is 10.5 Å². The van der Waals surface area contributed by atoms with Gasteiger partial charge in [-0.15, -0.1) is 0 Å². The molecule has 148 valence electrons. The largest absolute Gasteiger partial charge is 0.457 e. The molecule has 1 aliphatic rings. The molecule has 0 atom stereocenters. The molecule has 3 aromatic rings. The molecular formula is C23H22FN3O2. The second-order valence-corrected chi connectivity index (χ2v) is 7.13. The van der Waals surface area contributed by atoms with Crippen molar-refractivity contribution in [3.63, 3.8) is 0 Å². The number of nitrogens with two attached hydrogens (primary N) is 1. The standard InChI is InChI=1S/C23H22FN3O2/c24-18-7-9-19(10-8-18)29-22-11-6-16(14-17(22)15-27-12-1-2-13-27)20-4-3-5-21(26-20)23(25)28/h3-11,14H,1-2,12-13,15H2,(H2,25,28). The van der Waals surface area contributed by atoms with Gasteiger partial charge in [0.1, 0.15) is 23.0 Å². The maximum atomic E-state index is 13.2. The first-order chi connectivity index (χ1) is 14.1. The van der Waals surface area contributed by atoms with Gasteiger partial charge in [0.15, 0.2) is 0 Å². The molecule has 0 aliphatic carbocycles. The summed E-state index contributed by atoms with van der Waals surface area (Å²) < 4.78 is 19.2. The van der Waals surface area contributed by atoms with Crippen LogP contribution in [0.3, 0.4) is 0 Å². The first kappa shape index (κ1) is 19.1. The first-order valence-electron chi connectivity index (χ1n) is 9.64. The normalized spacial score (nSPS) is 14.1. The Morgan fingerprint density at radius 2 is 1.83 bits per heavy atom. The molecule has 5 nitrogen and oxygen atoms in total. The van der Waals surface area contributed by atoms with Gasteiger partial charge in [0.25, 0.3) is 5.91 Å². The fourth-order valence-electron chi connectivity index (χ4n) is 3.51. The van der Waals surface area contributed by atoms with E-state index in [1.165, 1.54) is 25.0 Å². The highest BCUT2D eigenvalue weighted by Gasteiger charge is 2.16. The third-order valence-corrected chi connectivity index (χ3v) is 4.99. The Hall–Kier alpha value is -3.25. The lowest BCUT2D eigenvalue weighted by molar-refractivity contribution is 0.0995. The molecule has 2 heterocycles. The number of hydrogen-bond acceptors (Lipinski definition) is 4. The SMILES string of the molecule is NC(=O)c1cccc(-c2ccc(Oc3ccc(F)cc3)c(CN3CCCC3)c2)n1. The molecule has 1 amide bonds. The highest BCUT2D eigenvalue weighted by atomic mass is 19.1. The number of carbonyl (C=O) groups is 1. The summed E-state index contributed by atoms with van der Waals surface area (Å²) in [5.74, 6) is 0.444. The molecule has 2 aromatic carbocycles. The third kappa shape index (κ3) is 4.60. The molecule has 4 rings (SSSR count). The number of ether oxygens (including phenoxy) is 1. The molecule has 6 heteroatoms. The van der Waals surface area contributed by atoms with Gasteiger partial charge in [0.05, 0.1) is 5.69 Å². The average molecular weight is 391 g/mol. The Kier molecular flexibility index (Phi) is 5.53. The van der Waals surface area contributed by atoms with Crippen LogP contribution in [0.1, 0.15) is 28.9 Å². The second-order valence-electron chi connectivity index (χ2n) is 7.13. The van der Waals surface area contributed by atoms with Gasteiger partial charge in [0, 0.05) is 17.7 Å². The fraction of sp³-hybridized carbons (Fsp3) is 0.217. The number of halogens is 1. The summed E-state index contributed by atoms with van der Waals surface area (Å²) in [5, 5.41) is 0. The highest BCUT2D eigenvalue weighted by molar-refractivity contribution is 5.91. The number of nitrogens with zero attached hydrogens (tertiary/aromatic N) is 2. The van der Waals surface area contributed by atoms with Crippen molar-refractivity contribution in [2.24, 2.45) is 5.73 Å². The summed E-state index contributed by atoms with van der Waals surface area (Å²) in [6, 6.07) is 17.0. The van der Waals surface area contributed by atoms with Crippen LogP contribution in [0.4, 0.5) is 4.39 Å². The van der Waals surface area contributed by atoms with Crippen molar-refractivity contribution in [2.45, 2.75) is 19.4 Å². The number of hydrogen-bond donors (Lipinski definition) is 1. The van der Waals surface area contributed by atoms with Crippen LogP contribution in [0, 0.1) is 5.82 Å². The molecule has 1 saturated heterocycles. The summed E-state index contributed by atoms with van der Waals surface area (Å²) in [6.07, 6.45) is 2.38. The first-order valence-corrected chi connectivity index (χ1v) is 9.64. The van der Waals surface area contributed by atoms with Gasteiger partial charge >= 0.3 is 0 Å². The Bertz CT molecular complexity index is 1010. The zero-order valence-electron chi connectivity index (χ0n) is 16.0. The van der Waals surface area contributed by atoms with Crippen molar-refractivity contribution in [3.8, 4) is 22.8 Å². The Labute approximate surface area is 168 Å². The predicted octanol–water partition coefficient (Wildman–Crippen LogP) is 4.37. The van der Waals surface area contributed by atoms with Crippen LogP contribution in [0.15, 0.2) is 60.7 Å². The van der Waals surface area contributed by atoms with Gasteiger partial charge in [-0.2, -0.15) is 0 Å². The van der Waals surface area contributed by atoms with Gasteiger partial charge in [-0.1, -0.05) is 6.07 Å². The number of benzene rings is 2. The van der Waals surface area contributed by atoms with Crippen LogP contribution in [0.5, 0.6) is 11.5 Å². The summed E-state index contributed by atoms with van der Waals surface area (Å²) in [6.45, 7) is 2.85. The molecule has 2 N–H and O–H groups in total.